The summed E-state index contributed by atoms with van der Waals surface area (Å²) in [5.74, 6) is -1.35. The summed E-state index contributed by atoms with van der Waals surface area (Å²) in [6.45, 7) is 17.2. The molecule has 0 radical (unpaired) electrons. The summed E-state index contributed by atoms with van der Waals surface area (Å²) < 4.78 is 0. The second-order valence-corrected chi connectivity index (χ2v) is 11.8. The molecule has 3 atom stereocenters. The fraction of sp³-hybridized carbons (Fsp3) is 0.567. The molecule has 0 fully saturated rings. The Labute approximate surface area is 223 Å². The Bertz CT molecular complexity index is 1000. The lowest BCUT2D eigenvalue weighted by Crippen LogP contribution is -2.61. The van der Waals surface area contributed by atoms with Crippen molar-refractivity contribution in [3.05, 3.63) is 59.2 Å². The molecule has 0 spiro atoms. The molecule has 2 amide bonds. The van der Waals surface area contributed by atoms with Crippen LogP contribution >= 0.6 is 0 Å². The van der Waals surface area contributed by atoms with Crippen molar-refractivity contribution in [3.63, 3.8) is 0 Å². The summed E-state index contributed by atoms with van der Waals surface area (Å²) in [7, 11) is 3.49. The minimum absolute atomic E-state index is 0.0702. The van der Waals surface area contributed by atoms with Crippen LogP contribution in [0.4, 0.5) is 0 Å². The largest absolute Gasteiger partial charge is 0.478 e. The molecular formula is C30H47N3O4. The Hall–Kier alpha value is -2.93. The van der Waals surface area contributed by atoms with Gasteiger partial charge < -0.3 is 20.6 Å². The molecule has 1 aromatic carbocycles. The van der Waals surface area contributed by atoms with Crippen molar-refractivity contribution in [3.8, 4) is 0 Å². The molecule has 0 unspecified atom stereocenters. The first kappa shape index (κ1) is 32.1. The number of carboxylic acids is 1. The minimum atomic E-state index is -0.980. The molecule has 0 bridgehead atoms. The van der Waals surface area contributed by atoms with Crippen LogP contribution in [0.5, 0.6) is 0 Å². The van der Waals surface area contributed by atoms with Crippen molar-refractivity contribution >= 4 is 17.8 Å². The van der Waals surface area contributed by atoms with Gasteiger partial charge in [-0.2, -0.15) is 0 Å². The Morgan fingerprint density at radius 3 is 1.95 bits per heavy atom. The first-order valence-electron chi connectivity index (χ1n) is 12.8. The average Bonchev–Trinajstić information content (AvgIpc) is 2.79. The number of nitrogens with zero attached hydrogens (tertiary/aromatic N) is 1. The molecule has 37 heavy (non-hydrogen) atoms. The number of carbonyl (C=O) groups is 3. The zero-order valence-electron chi connectivity index (χ0n) is 24.5. The standard InChI is InChI=1S/C30H47N3O4/c1-19(2)23(18-20(3)17-21(4)28(36)37)33(11)27(35)25(29(5,6)7)32-26(34)24(31-10)30(8,9)22-15-13-12-14-16-22/h12-19,23-25,31H,1-11H3,(H,32,34)(H,36,37)/b20-18+,21-17+/t23-,24-,25-/m1/s1. The van der Waals surface area contributed by atoms with Gasteiger partial charge in [0.25, 0.3) is 0 Å². The summed E-state index contributed by atoms with van der Waals surface area (Å²) in [6.07, 6.45) is 3.51. The third-order valence-electron chi connectivity index (χ3n) is 6.88. The van der Waals surface area contributed by atoms with Crippen molar-refractivity contribution < 1.29 is 19.5 Å². The van der Waals surface area contributed by atoms with Gasteiger partial charge in [0.05, 0.1) is 12.1 Å². The van der Waals surface area contributed by atoms with Crippen LogP contribution in [0.2, 0.25) is 0 Å². The van der Waals surface area contributed by atoms with Gasteiger partial charge in [-0.3, -0.25) is 9.59 Å². The lowest BCUT2D eigenvalue weighted by Gasteiger charge is -2.40. The van der Waals surface area contributed by atoms with Gasteiger partial charge in [0.15, 0.2) is 0 Å². The van der Waals surface area contributed by atoms with Crippen LogP contribution in [0, 0.1) is 11.3 Å². The number of rotatable bonds is 11. The highest BCUT2D eigenvalue weighted by molar-refractivity contribution is 5.91. The summed E-state index contributed by atoms with van der Waals surface area (Å²) in [4.78, 5) is 40.4. The fourth-order valence-electron chi connectivity index (χ4n) is 4.55. The number of hydrogen-bond donors (Lipinski definition) is 3. The molecule has 0 aromatic heterocycles. The molecule has 3 N–H and O–H groups in total. The second kappa shape index (κ2) is 13.0. The van der Waals surface area contributed by atoms with Crippen molar-refractivity contribution in [2.24, 2.45) is 11.3 Å². The van der Waals surface area contributed by atoms with E-state index in [2.05, 4.69) is 10.6 Å². The van der Waals surface area contributed by atoms with Gasteiger partial charge in [-0.1, -0.05) is 90.4 Å². The number of amides is 2. The number of likely N-dealkylation sites (N-methyl/N-ethyl adjacent to an activating group) is 2. The molecule has 1 rings (SSSR count). The zero-order valence-corrected chi connectivity index (χ0v) is 24.5. The Morgan fingerprint density at radius 1 is 0.973 bits per heavy atom. The highest BCUT2D eigenvalue weighted by atomic mass is 16.4. The predicted octanol–water partition coefficient (Wildman–Crippen LogP) is 4.54. The van der Waals surface area contributed by atoms with Crippen molar-refractivity contribution in [2.75, 3.05) is 14.1 Å². The van der Waals surface area contributed by atoms with Crippen LogP contribution < -0.4 is 10.6 Å². The highest BCUT2D eigenvalue weighted by Gasteiger charge is 2.41. The normalized spacial score (nSPS) is 15.7. The average molecular weight is 514 g/mol. The van der Waals surface area contributed by atoms with Gasteiger partial charge in [-0.05, 0) is 43.9 Å². The van der Waals surface area contributed by atoms with E-state index in [1.807, 2.05) is 91.8 Å². The number of allylic oxidation sites excluding steroid dienone is 2. The van der Waals surface area contributed by atoms with Gasteiger partial charge in [-0.15, -0.1) is 0 Å². The molecule has 0 saturated carbocycles. The molecule has 0 saturated heterocycles. The number of aliphatic carboxylic acids is 1. The third kappa shape index (κ3) is 8.56. The third-order valence-corrected chi connectivity index (χ3v) is 6.88. The number of nitrogens with one attached hydrogen (secondary N) is 2. The zero-order chi connectivity index (χ0) is 28.7. The van der Waals surface area contributed by atoms with Crippen LogP contribution in [0.1, 0.15) is 67.9 Å². The Morgan fingerprint density at radius 2 is 1.51 bits per heavy atom. The van der Waals surface area contributed by atoms with E-state index >= 15 is 0 Å². The van der Waals surface area contributed by atoms with E-state index in [-0.39, 0.29) is 29.3 Å². The van der Waals surface area contributed by atoms with Gasteiger partial charge in [-0.25, -0.2) is 4.79 Å². The van der Waals surface area contributed by atoms with Gasteiger partial charge in [0.2, 0.25) is 11.8 Å². The molecular weight excluding hydrogens is 466 g/mol. The molecule has 0 heterocycles. The summed E-state index contributed by atoms with van der Waals surface area (Å²) >= 11 is 0. The number of carbonyl (C=O) groups excluding carboxylic acids is 2. The maximum absolute atomic E-state index is 13.9. The SMILES string of the molecule is CN[C@H](C(=O)N[C@H](C(=O)N(C)[C@H](/C=C(C)/C=C(\C)C(=O)O)C(C)C)C(C)(C)C)C(C)(C)c1ccccc1. The quantitative estimate of drug-likeness (QED) is 0.298. The summed E-state index contributed by atoms with van der Waals surface area (Å²) in [5, 5.41) is 15.4. The molecule has 0 aliphatic heterocycles. The molecule has 206 valence electrons. The first-order chi connectivity index (χ1) is 16.9. The van der Waals surface area contributed by atoms with Crippen LogP contribution in [0.25, 0.3) is 0 Å². The number of carboxylic acid groups (broad SMARTS) is 1. The highest BCUT2D eigenvalue weighted by Crippen LogP contribution is 2.29. The molecule has 0 aliphatic carbocycles. The first-order valence-corrected chi connectivity index (χ1v) is 12.8. The van der Waals surface area contributed by atoms with E-state index in [1.54, 1.807) is 32.0 Å². The maximum atomic E-state index is 13.9. The van der Waals surface area contributed by atoms with E-state index in [9.17, 15) is 19.5 Å². The van der Waals surface area contributed by atoms with Gasteiger partial charge in [0.1, 0.15) is 6.04 Å². The van der Waals surface area contributed by atoms with Crippen molar-refractivity contribution in [1.82, 2.24) is 15.5 Å². The lowest BCUT2D eigenvalue weighted by molar-refractivity contribution is -0.140. The van der Waals surface area contributed by atoms with Gasteiger partial charge >= 0.3 is 5.97 Å². The second-order valence-electron chi connectivity index (χ2n) is 11.8. The fourth-order valence-corrected chi connectivity index (χ4v) is 4.55. The monoisotopic (exact) mass is 513 g/mol. The minimum Gasteiger partial charge on any atom is -0.478 e. The molecule has 7 nitrogen and oxygen atoms in total. The van der Waals surface area contributed by atoms with E-state index in [0.29, 0.717) is 0 Å². The van der Waals surface area contributed by atoms with Gasteiger partial charge in [0, 0.05) is 18.0 Å². The van der Waals surface area contributed by atoms with Crippen LogP contribution in [-0.4, -0.2) is 60.0 Å². The topological polar surface area (TPSA) is 98.7 Å². The molecule has 0 aliphatic rings. The smallest absolute Gasteiger partial charge is 0.331 e. The van der Waals surface area contributed by atoms with E-state index in [0.717, 1.165) is 11.1 Å². The molecule has 1 aromatic rings. The lowest BCUT2D eigenvalue weighted by atomic mass is 9.76. The predicted molar refractivity (Wildman–Crippen MR) is 150 cm³/mol. The summed E-state index contributed by atoms with van der Waals surface area (Å²) in [5.41, 5.74) is 0.937. The number of hydrogen-bond acceptors (Lipinski definition) is 4. The maximum Gasteiger partial charge on any atom is 0.331 e. The van der Waals surface area contributed by atoms with Crippen LogP contribution in [0.15, 0.2) is 53.6 Å². The Balaban J connectivity index is 3.32. The van der Waals surface area contributed by atoms with Crippen LogP contribution in [-0.2, 0) is 19.8 Å². The van der Waals surface area contributed by atoms with Crippen molar-refractivity contribution in [2.45, 2.75) is 85.9 Å². The van der Waals surface area contributed by atoms with E-state index < -0.39 is 28.9 Å². The van der Waals surface area contributed by atoms with Crippen molar-refractivity contribution in [1.29, 1.82) is 0 Å². The Kier molecular flexibility index (Phi) is 11.3. The summed E-state index contributed by atoms with van der Waals surface area (Å²) in [6, 6.07) is 8.23. The van der Waals surface area contributed by atoms with Crippen LogP contribution in [0.3, 0.4) is 0 Å². The van der Waals surface area contributed by atoms with E-state index in [4.69, 9.17) is 0 Å². The van der Waals surface area contributed by atoms with E-state index in [1.165, 1.54) is 0 Å². The molecule has 7 heteroatoms. The number of benzene rings is 1.